The van der Waals surface area contributed by atoms with Crippen molar-refractivity contribution in [1.29, 1.82) is 0 Å². The lowest BCUT2D eigenvalue weighted by Crippen LogP contribution is -2.34. The molecular formula is C32H37N5O3. The maximum atomic E-state index is 12.6. The van der Waals surface area contributed by atoms with Gasteiger partial charge >= 0.3 is 0 Å². The summed E-state index contributed by atoms with van der Waals surface area (Å²) in [6, 6.07) is 22.0. The van der Waals surface area contributed by atoms with Crippen molar-refractivity contribution in [2.75, 3.05) is 32.7 Å². The Bertz CT molecular complexity index is 1470. The molecule has 0 atom stereocenters. The molecule has 0 fully saturated rings. The third kappa shape index (κ3) is 6.76. The average molecular weight is 540 g/mol. The Kier molecular flexibility index (Phi) is 9.70. The third-order valence-electron chi connectivity index (χ3n) is 6.84. The lowest BCUT2D eigenvalue weighted by molar-refractivity contribution is 0.0943. The van der Waals surface area contributed by atoms with Crippen molar-refractivity contribution in [2.45, 2.75) is 27.2 Å². The number of carbonyl (C=O) groups is 2. The number of aromatic nitrogens is 1. The fourth-order valence-corrected chi connectivity index (χ4v) is 4.55. The molecule has 0 aliphatic carbocycles. The van der Waals surface area contributed by atoms with Crippen LogP contribution in [0.25, 0.3) is 10.9 Å². The molecule has 0 saturated heterocycles. The summed E-state index contributed by atoms with van der Waals surface area (Å²) in [6.07, 6.45) is 0.848. The molecule has 40 heavy (non-hydrogen) atoms. The number of aromatic amines is 1. The van der Waals surface area contributed by atoms with E-state index in [-0.39, 0.29) is 17.7 Å². The number of nitrogens with zero attached hydrogens (tertiary/aromatic N) is 2. The number of nitrogens with one attached hydrogen (secondary N) is 3. The van der Waals surface area contributed by atoms with Crippen molar-refractivity contribution in [3.63, 3.8) is 0 Å². The van der Waals surface area contributed by atoms with Gasteiger partial charge in [-0.2, -0.15) is 0 Å². The second kappa shape index (κ2) is 13.6. The Labute approximate surface area is 235 Å². The number of fused-ring (bicyclic) bond motifs is 1. The Hall–Kier alpha value is -4.43. The molecule has 1 heterocycles. The number of H-pyrrole nitrogens is 1. The number of benzene rings is 3. The second-order valence-electron chi connectivity index (χ2n) is 9.52. The Morgan fingerprint density at radius 3 is 2.15 bits per heavy atom. The molecule has 0 unspecified atom stereocenters. The smallest absolute Gasteiger partial charge is 0.251 e. The van der Waals surface area contributed by atoms with Crippen LogP contribution in [0.5, 0.6) is 5.88 Å². The summed E-state index contributed by atoms with van der Waals surface area (Å²) in [5.41, 5.74) is 4.28. The topological polar surface area (TPSA) is 110 Å². The van der Waals surface area contributed by atoms with E-state index in [1.54, 1.807) is 36.4 Å². The minimum atomic E-state index is -0.159. The van der Waals surface area contributed by atoms with E-state index in [9.17, 15) is 14.7 Å². The van der Waals surface area contributed by atoms with Crippen LogP contribution in [0.15, 0.2) is 77.8 Å². The first-order valence-corrected chi connectivity index (χ1v) is 13.8. The Balaban J connectivity index is 1.64. The van der Waals surface area contributed by atoms with E-state index in [0.29, 0.717) is 46.7 Å². The highest BCUT2D eigenvalue weighted by molar-refractivity contribution is 6.22. The normalized spacial score (nSPS) is 11.7. The van der Waals surface area contributed by atoms with E-state index < -0.39 is 0 Å². The van der Waals surface area contributed by atoms with Crippen LogP contribution in [0.2, 0.25) is 0 Å². The van der Waals surface area contributed by atoms with Crippen LogP contribution in [0.4, 0.5) is 5.69 Å². The number of amides is 2. The molecule has 8 heteroatoms. The zero-order valence-corrected chi connectivity index (χ0v) is 23.3. The van der Waals surface area contributed by atoms with Gasteiger partial charge in [-0.15, -0.1) is 0 Å². The molecule has 4 aromatic rings. The molecule has 0 bridgehead atoms. The SMILES string of the molecule is CCCNC(=O)c1ccc2c(C(=Nc3ccc(C(=O)NCCN(CC)CC)cc3)c3ccccc3)c(O)[nH]c2c1. The van der Waals surface area contributed by atoms with Crippen LogP contribution in [-0.4, -0.2) is 65.2 Å². The van der Waals surface area contributed by atoms with Gasteiger partial charge in [0.2, 0.25) is 0 Å². The van der Waals surface area contributed by atoms with Gasteiger partial charge in [0.25, 0.3) is 11.8 Å². The van der Waals surface area contributed by atoms with E-state index in [4.69, 9.17) is 4.99 Å². The fraction of sp³-hybridized carbons (Fsp3) is 0.281. The van der Waals surface area contributed by atoms with Gasteiger partial charge in [-0.05, 0) is 55.9 Å². The summed E-state index contributed by atoms with van der Waals surface area (Å²) >= 11 is 0. The van der Waals surface area contributed by atoms with Crippen LogP contribution >= 0.6 is 0 Å². The van der Waals surface area contributed by atoms with Crippen molar-refractivity contribution in [3.05, 3.63) is 95.1 Å². The van der Waals surface area contributed by atoms with E-state index in [1.165, 1.54) is 0 Å². The zero-order valence-electron chi connectivity index (χ0n) is 23.3. The molecule has 3 aromatic carbocycles. The summed E-state index contributed by atoms with van der Waals surface area (Å²) in [7, 11) is 0. The number of rotatable bonds is 12. The minimum absolute atomic E-state index is 0.0343. The van der Waals surface area contributed by atoms with Crippen molar-refractivity contribution in [1.82, 2.24) is 20.5 Å². The Morgan fingerprint density at radius 1 is 0.825 bits per heavy atom. The van der Waals surface area contributed by atoms with E-state index in [1.807, 2.05) is 43.3 Å². The predicted molar refractivity (Wildman–Crippen MR) is 161 cm³/mol. The maximum absolute atomic E-state index is 12.6. The van der Waals surface area contributed by atoms with Gasteiger partial charge in [0.05, 0.1) is 17.0 Å². The van der Waals surface area contributed by atoms with Gasteiger partial charge in [-0.1, -0.05) is 57.2 Å². The van der Waals surface area contributed by atoms with Crippen LogP contribution in [0, 0.1) is 0 Å². The van der Waals surface area contributed by atoms with Crippen LogP contribution in [-0.2, 0) is 0 Å². The van der Waals surface area contributed by atoms with Crippen LogP contribution in [0.3, 0.4) is 0 Å². The third-order valence-corrected chi connectivity index (χ3v) is 6.84. The van der Waals surface area contributed by atoms with Gasteiger partial charge in [0, 0.05) is 47.2 Å². The largest absolute Gasteiger partial charge is 0.494 e. The predicted octanol–water partition coefficient (Wildman–Crippen LogP) is 5.25. The van der Waals surface area contributed by atoms with Crippen molar-refractivity contribution in [2.24, 2.45) is 4.99 Å². The number of hydrogen-bond donors (Lipinski definition) is 4. The molecule has 1 aromatic heterocycles. The number of carbonyl (C=O) groups excluding carboxylic acids is 2. The standard InChI is InChI=1S/C32H37N5O3/c1-4-18-33-31(39)24-14-17-26-27(21-24)36-32(40)28(26)29(22-10-8-7-9-11-22)35-25-15-12-23(13-16-25)30(38)34-19-20-37(5-2)6-3/h7-17,21,36,40H,4-6,18-20H2,1-3H3,(H,33,39)(H,34,38). The highest BCUT2D eigenvalue weighted by Gasteiger charge is 2.20. The zero-order chi connectivity index (χ0) is 28.5. The number of likely N-dealkylation sites (N-methyl/N-ethyl adjacent to an activating group) is 1. The molecule has 208 valence electrons. The maximum Gasteiger partial charge on any atom is 0.251 e. The lowest BCUT2D eigenvalue weighted by Gasteiger charge is -2.17. The molecule has 0 aliphatic rings. The monoisotopic (exact) mass is 539 g/mol. The van der Waals surface area contributed by atoms with Crippen LogP contribution in [0.1, 0.15) is 59.0 Å². The molecule has 0 spiro atoms. The lowest BCUT2D eigenvalue weighted by atomic mass is 10.00. The minimum Gasteiger partial charge on any atom is -0.494 e. The van der Waals surface area contributed by atoms with Crippen molar-refractivity contribution < 1.29 is 14.7 Å². The first-order chi connectivity index (χ1) is 19.4. The molecule has 0 aliphatic heterocycles. The molecule has 2 amide bonds. The summed E-state index contributed by atoms with van der Waals surface area (Å²) < 4.78 is 0. The van der Waals surface area contributed by atoms with Gasteiger partial charge in [-0.25, -0.2) is 4.99 Å². The van der Waals surface area contributed by atoms with E-state index in [0.717, 1.165) is 37.0 Å². The molecule has 4 rings (SSSR count). The summed E-state index contributed by atoms with van der Waals surface area (Å²) in [5.74, 6) is -0.319. The highest BCUT2D eigenvalue weighted by Crippen LogP contribution is 2.32. The number of aliphatic imine (C=N–C) groups is 1. The first kappa shape index (κ1) is 28.6. The van der Waals surface area contributed by atoms with E-state index >= 15 is 0 Å². The molecular weight excluding hydrogens is 502 g/mol. The first-order valence-electron chi connectivity index (χ1n) is 13.8. The van der Waals surface area contributed by atoms with Crippen LogP contribution < -0.4 is 10.6 Å². The molecule has 0 radical (unpaired) electrons. The number of aromatic hydroxyl groups is 1. The van der Waals surface area contributed by atoms with Gasteiger partial charge in [-0.3, -0.25) is 9.59 Å². The summed E-state index contributed by atoms with van der Waals surface area (Å²) in [6.45, 7) is 10.1. The van der Waals surface area contributed by atoms with E-state index in [2.05, 4.69) is 34.4 Å². The molecule has 4 N–H and O–H groups in total. The molecule has 0 saturated carbocycles. The van der Waals surface area contributed by atoms with Gasteiger partial charge in [0.1, 0.15) is 0 Å². The quantitative estimate of drug-likeness (QED) is 0.184. The molecule has 8 nitrogen and oxygen atoms in total. The van der Waals surface area contributed by atoms with Crippen molar-refractivity contribution >= 4 is 34.1 Å². The van der Waals surface area contributed by atoms with Crippen molar-refractivity contribution in [3.8, 4) is 5.88 Å². The average Bonchev–Trinajstić information content (AvgIpc) is 3.32. The summed E-state index contributed by atoms with van der Waals surface area (Å²) in [4.78, 5) is 35.3. The Morgan fingerprint density at radius 2 is 1.48 bits per heavy atom. The summed E-state index contributed by atoms with van der Waals surface area (Å²) in [5, 5.41) is 17.6. The second-order valence-corrected chi connectivity index (χ2v) is 9.52. The fourth-order valence-electron chi connectivity index (χ4n) is 4.55. The highest BCUT2D eigenvalue weighted by atomic mass is 16.3. The van der Waals surface area contributed by atoms with Gasteiger partial charge in [0.15, 0.2) is 5.88 Å². The number of hydrogen-bond acceptors (Lipinski definition) is 5. The van der Waals surface area contributed by atoms with Gasteiger partial charge < -0.3 is 25.6 Å².